The van der Waals surface area contributed by atoms with E-state index in [0.717, 1.165) is 23.6 Å². The molecule has 1 aliphatic heterocycles. The summed E-state index contributed by atoms with van der Waals surface area (Å²) in [5, 5.41) is 0. The fourth-order valence-electron chi connectivity index (χ4n) is 1.69. The second kappa shape index (κ2) is 3.91. The van der Waals surface area contributed by atoms with E-state index < -0.39 is 11.2 Å². The highest BCUT2D eigenvalue weighted by molar-refractivity contribution is 7.90. The van der Waals surface area contributed by atoms with Crippen LogP contribution in [0.15, 0.2) is 12.3 Å². The maximum absolute atomic E-state index is 11.4. The molecule has 0 N–H and O–H groups in total. The molecular formula is C11H15NOS. The molecule has 0 amide bonds. The molecule has 1 unspecified atom stereocenters. The highest BCUT2D eigenvalue weighted by atomic mass is 32.2. The van der Waals surface area contributed by atoms with Crippen molar-refractivity contribution in [3.63, 3.8) is 0 Å². The zero-order chi connectivity index (χ0) is 10.1. The van der Waals surface area contributed by atoms with E-state index in [9.17, 15) is 4.55 Å². The van der Waals surface area contributed by atoms with Gasteiger partial charge in [0.2, 0.25) is 0 Å². The Hall–Kier alpha value is -0.540. The first kappa shape index (κ1) is 9.99. The minimum atomic E-state index is -0.651. The zero-order valence-electron chi connectivity index (χ0n) is 8.62. The highest BCUT2D eigenvalue weighted by Crippen LogP contribution is 2.23. The third kappa shape index (κ3) is 1.93. The summed E-state index contributed by atoms with van der Waals surface area (Å²) >= 11 is -0.651. The Morgan fingerprint density at radius 3 is 2.93 bits per heavy atom. The van der Waals surface area contributed by atoms with Crippen molar-refractivity contribution in [2.45, 2.75) is 31.9 Å². The van der Waals surface area contributed by atoms with Crippen LogP contribution in [0.1, 0.15) is 36.6 Å². The summed E-state index contributed by atoms with van der Waals surface area (Å²) < 4.78 is 11.4. The predicted octanol–water partition coefficient (Wildman–Crippen LogP) is 2.01. The van der Waals surface area contributed by atoms with Crippen molar-refractivity contribution in [2.75, 3.05) is 5.75 Å². The number of rotatable bonds is 1. The third-order valence-corrected chi connectivity index (χ3v) is 3.90. The topological polar surface area (TPSA) is 36.0 Å². The third-order valence-electron chi connectivity index (χ3n) is 2.61. The van der Waals surface area contributed by atoms with Crippen LogP contribution in [0.4, 0.5) is 0 Å². The lowest BCUT2D eigenvalue weighted by atomic mass is 10.0. The smallest absolute Gasteiger partial charge is 0.131 e. The van der Waals surface area contributed by atoms with E-state index in [1.807, 2.05) is 6.20 Å². The molecule has 1 aromatic heterocycles. The zero-order valence-corrected chi connectivity index (χ0v) is 9.43. The quantitative estimate of drug-likeness (QED) is 0.663. The van der Waals surface area contributed by atoms with Gasteiger partial charge in [0, 0.05) is 23.9 Å². The van der Waals surface area contributed by atoms with Crippen LogP contribution in [0.5, 0.6) is 0 Å². The van der Waals surface area contributed by atoms with Gasteiger partial charge in [0.05, 0.1) is 0 Å². The summed E-state index contributed by atoms with van der Waals surface area (Å²) in [6, 6.07) is 2.12. The molecule has 0 radical (unpaired) electrons. The normalized spacial score (nSPS) is 21.0. The molecule has 0 saturated carbocycles. The molecule has 2 rings (SSSR count). The Morgan fingerprint density at radius 2 is 2.21 bits per heavy atom. The molecule has 0 fully saturated rings. The standard InChI is InChI=1S/C11H15NOS/c1-8(2)11-5-10-7-14(13)4-3-9(10)6-12-11/h5-6,8H,3-4,7H2,1-2H3. The number of aryl methyl sites for hydroxylation is 1. The van der Waals surface area contributed by atoms with Crippen LogP contribution in [0, 0.1) is 0 Å². The van der Waals surface area contributed by atoms with Gasteiger partial charge < -0.3 is 4.55 Å². The van der Waals surface area contributed by atoms with Crippen LogP contribution in [-0.4, -0.2) is 15.3 Å². The maximum Gasteiger partial charge on any atom is 0.131 e. The van der Waals surface area contributed by atoms with Crippen molar-refractivity contribution < 1.29 is 4.55 Å². The van der Waals surface area contributed by atoms with Gasteiger partial charge in [0.1, 0.15) is 11.5 Å². The number of aromatic nitrogens is 1. The van der Waals surface area contributed by atoms with Crippen molar-refractivity contribution in [1.29, 1.82) is 0 Å². The molecule has 2 nitrogen and oxygen atoms in total. The maximum atomic E-state index is 11.4. The Bertz CT molecular complexity index is 338. The number of pyridine rings is 1. The van der Waals surface area contributed by atoms with Gasteiger partial charge in [-0.1, -0.05) is 13.8 Å². The lowest BCUT2D eigenvalue weighted by Crippen LogP contribution is -2.19. The fourth-order valence-corrected chi connectivity index (χ4v) is 2.90. The molecule has 76 valence electrons. The first-order valence-electron chi connectivity index (χ1n) is 4.99. The van der Waals surface area contributed by atoms with E-state index in [2.05, 4.69) is 24.9 Å². The molecule has 1 aromatic rings. The van der Waals surface area contributed by atoms with E-state index in [0.29, 0.717) is 5.92 Å². The average Bonchev–Trinajstić information content (AvgIpc) is 2.16. The summed E-state index contributed by atoms with van der Waals surface area (Å²) in [5.41, 5.74) is 3.64. The molecule has 0 aliphatic carbocycles. The Balaban J connectivity index is 2.33. The number of fused-ring (bicyclic) bond motifs is 1. The lowest BCUT2D eigenvalue weighted by molar-refractivity contribution is 0.590. The van der Waals surface area contributed by atoms with E-state index in [1.54, 1.807) is 0 Å². The van der Waals surface area contributed by atoms with Crippen LogP contribution in [0.3, 0.4) is 0 Å². The SMILES string of the molecule is CC(C)c1cc2c(cn1)CC[S+]([O-])C2. The molecule has 1 atom stereocenters. The van der Waals surface area contributed by atoms with Gasteiger partial charge in [-0.25, -0.2) is 0 Å². The average molecular weight is 209 g/mol. The first-order valence-corrected chi connectivity index (χ1v) is 6.48. The molecule has 2 heterocycles. The largest absolute Gasteiger partial charge is 0.616 e. The number of hydrogen-bond acceptors (Lipinski definition) is 2. The van der Waals surface area contributed by atoms with Crippen molar-refractivity contribution in [3.05, 3.63) is 29.1 Å². The van der Waals surface area contributed by atoms with Crippen molar-refractivity contribution in [3.8, 4) is 0 Å². The summed E-state index contributed by atoms with van der Waals surface area (Å²) in [4.78, 5) is 4.42. The van der Waals surface area contributed by atoms with E-state index >= 15 is 0 Å². The summed E-state index contributed by atoms with van der Waals surface area (Å²) in [6.45, 7) is 4.27. The van der Waals surface area contributed by atoms with E-state index in [-0.39, 0.29) is 0 Å². The summed E-state index contributed by atoms with van der Waals surface area (Å²) in [6.07, 6.45) is 2.88. The van der Waals surface area contributed by atoms with Crippen molar-refractivity contribution in [2.24, 2.45) is 0 Å². The fraction of sp³-hybridized carbons (Fsp3) is 0.545. The molecule has 1 aliphatic rings. The number of hydrogen-bond donors (Lipinski definition) is 0. The van der Waals surface area contributed by atoms with Crippen LogP contribution < -0.4 is 0 Å². The molecule has 0 aromatic carbocycles. The molecule has 3 heteroatoms. The Labute approximate surface area is 87.9 Å². The van der Waals surface area contributed by atoms with Crippen LogP contribution in [0.25, 0.3) is 0 Å². The van der Waals surface area contributed by atoms with Gasteiger partial charge in [0.25, 0.3) is 0 Å². The second-order valence-corrected chi connectivity index (χ2v) is 5.65. The highest BCUT2D eigenvalue weighted by Gasteiger charge is 2.19. The van der Waals surface area contributed by atoms with Gasteiger partial charge in [-0.05, 0) is 28.7 Å². The van der Waals surface area contributed by atoms with E-state index in [4.69, 9.17) is 0 Å². The number of nitrogens with zero attached hydrogens (tertiary/aromatic N) is 1. The summed E-state index contributed by atoms with van der Waals surface area (Å²) in [5.74, 6) is 1.98. The van der Waals surface area contributed by atoms with Gasteiger partial charge >= 0.3 is 0 Å². The van der Waals surface area contributed by atoms with Gasteiger partial charge in [-0.2, -0.15) is 0 Å². The van der Waals surface area contributed by atoms with E-state index in [1.165, 1.54) is 11.1 Å². The molecular weight excluding hydrogens is 194 g/mol. The minimum absolute atomic E-state index is 0.454. The lowest BCUT2D eigenvalue weighted by Gasteiger charge is -2.20. The second-order valence-electron chi connectivity index (χ2n) is 4.07. The van der Waals surface area contributed by atoms with Crippen molar-refractivity contribution in [1.82, 2.24) is 4.98 Å². The van der Waals surface area contributed by atoms with Crippen LogP contribution >= 0.6 is 0 Å². The van der Waals surface area contributed by atoms with Crippen LogP contribution in [0.2, 0.25) is 0 Å². The van der Waals surface area contributed by atoms with Gasteiger partial charge in [-0.3, -0.25) is 4.98 Å². The molecule has 0 bridgehead atoms. The predicted molar refractivity (Wildman–Crippen MR) is 58.7 cm³/mol. The van der Waals surface area contributed by atoms with Gasteiger partial charge in [0.15, 0.2) is 0 Å². The monoisotopic (exact) mass is 209 g/mol. The Morgan fingerprint density at radius 1 is 1.43 bits per heavy atom. The molecule has 0 saturated heterocycles. The molecule has 0 spiro atoms. The summed E-state index contributed by atoms with van der Waals surface area (Å²) in [7, 11) is 0. The Kier molecular flexibility index (Phi) is 2.79. The molecule has 14 heavy (non-hydrogen) atoms. The van der Waals surface area contributed by atoms with Gasteiger partial charge in [-0.15, -0.1) is 0 Å². The first-order chi connectivity index (χ1) is 6.66. The van der Waals surface area contributed by atoms with Crippen molar-refractivity contribution >= 4 is 11.2 Å². The minimum Gasteiger partial charge on any atom is -0.616 e. The van der Waals surface area contributed by atoms with Crippen LogP contribution in [-0.2, 0) is 23.3 Å².